The highest BCUT2D eigenvalue weighted by Crippen LogP contribution is 2.24. The molecule has 1 aromatic heterocycles. The van der Waals surface area contributed by atoms with Crippen LogP contribution in [0.1, 0.15) is 25.8 Å². The maximum Gasteiger partial charge on any atom is 0.144 e. The van der Waals surface area contributed by atoms with Gasteiger partial charge < -0.3 is 0 Å². The van der Waals surface area contributed by atoms with Crippen molar-refractivity contribution in [1.82, 2.24) is 4.98 Å². The number of Topliss-reactive ketones (excluding diaryl/α,β-unsaturated/α-hetero) is 1. The standard InChI is InChI=1S/C15H17NOS/c1-15(2,3)13(17)9-14-16-12(10-18-14)11-7-5-4-6-8-11/h4-8,10H,9H2,1-3H3. The molecule has 2 nitrogen and oxygen atoms in total. The summed E-state index contributed by atoms with van der Waals surface area (Å²) >= 11 is 1.56. The minimum absolute atomic E-state index is 0.233. The lowest BCUT2D eigenvalue weighted by Gasteiger charge is -2.15. The molecule has 2 rings (SSSR count). The second-order valence-electron chi connectivity index (χ2n) is 5.34. The van der Waals surface area contributed by atoms with Crippen LogP contribution in [0.2, 0.25) is 0 Å². The Morgan fingerprint density at radius 1 is 1.22 bits per heavy atom. The highest BCUT2D eigenvalue weighted by Gasteiger charge is 2.22. The lowest BCUT2D eigenvalue weighted by atomic mass is 9.89. The zero-order valence-electron chi connectivity index (χ0n) is 10.9. The van der Waals surface area contributed by atoms with Crippen LogP contribution in [0.25, 0.3) is 11.3 Å². The fourth-order valence-corrected chi connectivity index (χ4v) is 2.34. The average molecular weight is 259 g/mol. The quantitative estimate of drug-likeness (QED) is 0.835. The summed E-state index contributed by atoms with van der Waals surface area (Å²) in [5, 5.41) is 2.91. The molecule has 0 bridgehead atoms. The van der Waals surface area contributed by atoms with Gasteiger partial charge in [-0.25, -0.2) is 4.98 Å². The predicted molar refractivity (Wildman–Crippen MR) is 75.7 cm³/mol. The summed E-state index contributed by atoms with van der Waals surface area (Å²) in [7, 11) is 0. The average Bonchev–Trinajstić information content (AvgIpc) is 2.77. The Kier molecular flexibility index (Phi) is 3.62. The van der Waals surface area contributed by atoms with E-state index in [1.54, 1.807) is 11.3 Å². The van der Waals surface area contributed by atoms with Gasteiger partial charge in [0.25, 0.3) is 0 Å². The lowest BCUT2D eigenvalue weighted by molar-refractivity contribution is -0.125. The first-order valence-electron chi connectivity index (χ1n) is 6.00. The van der Waals surface area contributed by atoms with E-state index in [9.17, 15) is 4.79 Å². The van der Waals surface area contributed by atoms with Crippen molar-refractivity contribution in [3.8, 4) is 11.3 Å². The van der Waals surface area contributed by atoms with Gasteiger partial charge >= 0.3 is 0 Å². The second-order valence-corrected chi connectivity index (χ2v) is 6.29. The van der Waals surface area contributed by atoms with Gasteiger partial charge in [0.1, 0.15) is 10.8 Å². The lowest BCUT2D eigenvalue weighted by Crippen LogP contribution is -2.21. The topological polar surface area (TPSA) is 30.0 Å². The van der Waals surface area contributed by atoms with E-state index >= 15 is 0 Å². The number of thiazole rings is 1. The van der Waals surface area contributed by atoms with E-state index in [0.717, 1.165) is 16.3 Å². The first kappa shape index (κ1) is 13.0. The number of rotatable bonds is 3. The number of hydrogen-bond acceptors (Lipinski definition) is 3. The number of ketones is 1. The molecule has 0 fully saturated rings. The van der Waals surface area contributed by atoms with Crippen LogP contribution in [-0.4, -0.2) is 10.8 Å². The third-order valence-corrected chi connectivity index (χ3v) is 3.62. The third kappa shape index (κ3) is 3.05. The molecular formula is C15H17NOS. The van der Waals surface area contributed by atoms with Crippen molar-refractivity contribution in [2.24, 2.45) is 5.41 Å². The smallest absolute Gasteiger partial charge is 0.144 e. The Morgan fingerprint density at radius 3 is 2.50 bits per heavy atom. The molecule has 0 spiro atoms. The highest BCUT2D eigenvalue weighted by atomic mass is 32.1. The maximum atomic E-state index is 11.9. The Hall–Kier alpha value is -1.48. The molecule has 1 aromatic carbocycles. The molecule has 0 amide bonds. The first-order chi connectivity index (χ1) is 8.47. The van der Waals surface area contributed by atoms with Crippen molar-refractivity contribution in [3.63, 3.8) is 0 Å². The van der Waals surface area contributed by atoms with Gasteiger partial charge in [0.05, 0.1) is 12.1 Å². The summed E-state index contributed by atoms with van der Waals surface area (Å²) in [6.07, 6.45) is 0.432. The van der Waals surface area contributed by atoms with Crippen molar-refractivity contribution in [3.05, 3.63) is 40.7 Å². The molecule has 1 heterocycles. The van der Waals surface area contributed by atoms with E-state index in [-0.39, 0.29) is 11.2 Å². The van der Waals surface area contributed by atoms with Crippen molar-refractivity contribution in [1.29, 1.82) is 0 Å². The molecular weight excluding hydrogens is 242 g/mol. The summed E-state index contributed by atoms with van der Waals surface area (Å²) in [6.45, 7) is 5.84. The van der Waals surface area contributed by atoms with Gasteiger partial charge in [-0.15, -0.1) is 11.3 Å². The van der Waals surface area contributed by atoms with Crippen molar-refractivity contribution >= 4 is 17.1 Å². The summed E-state index contributed by atoms with van der Waals surface area (Å²) < 4.78 is 0. The van der Waals surface area contributed by atoms with Gasteiger partial charge in [-0.2, -0.15) is 0 Å². The Morgan fingerprint density at radius 2 is 1.89 bits per heavy atom. The first-order valence-corrected chi connectivity index (χ1v) is 6.88. The summed E-state index contributed by atoms with van der Waals surface area (Å²) in [5.41, 5.74) is 1.76. The molecule has 0 unspecified atom stereocenters. The number of benzene rings is 1. The van der Waals surface area contributed by atoms with Gasteiger partial charge in [-0.05, 0) is 0 Å². The molecule has 94 valence electrons. The fraction of sp³-hybridized carbons (Fsp3) is 0.333. The SMILES string of the molecule is CC(C)(C)C(=O)Cc1nc(-c2ccccc2)cs1. The molecule has 0 saturated carbocycles. The Bertz CT molecular complexity index is 537. The third-order valence-electron chi connectivity index (χ3n) is 2.77. The number of carbonyl (C=O) groups excluding carboxylic acids is 1. The minimum Gasteiger partial charge on any atom is -0.299 e. The normalized spacial score (nSPS) is 11.5. The van der Waals surface area contributed by atoms with E-state index in [1.165, 1.54) is 0 Å². The van der Waals surface area contributed by atoms with Gasteiger partial charge in [0.2, 0.25) is 0 Å². The van der Waals surface area contributed by atoms with Gasteiger partial charge in [0, 0.05) is 16.4 Å². The van der Waals surface area contributed by atoms with E-state index in [4.69, 9.17) is 0 Å². The van der Waals surface area contributed by atoms with Crippen LogP contribution in [0.15, 0.2) is 35.7 Å². The largest absolute Gasteiger partial charge is 0.299 e. The zero-order chi connectivity index (χ0) is 13.2. The van der Waals surface area contributed by atoms with Crippen molar-refractivity contribution in [2.75, 3.05) is 0 Å². The van der Waals surface area contributed by atoms with Gasteiger partial charge in [-0.3, -0.25) is 4.79 Å². The summed E-state index contributed by atoms with van der Waals surface area (Å²) in [6, 6.07) is 10.0. The van der Waals surface area contributed by atoms with Crippen molar-refractivity contribution < 1.29 is 4.79 Å². The van der Waals surface area contributed by atoms with E-state index in [2.05, 4.69) is 4.98 Å². The van der Waals surface area contributed by atoms with Gasteiger partial charge in [-0.1, -0.05) is 51.1 Å². The monoisotopic (exact) mass is 259 g/mol. The number of hydrogen-bond donors (Lipinski definition) is 0. The van der Waals surface area contributed by atoms with Crippen molar-refractivity contribution in [2.45, 2.75) is 27.2 Å². The molecule has 18 heavy (non-hydrogen) atoms. The van der Waals surface area contributed by atoms with E-state index in [1.807, 2.05) is 56.5 Å². The van der Waals surface area contributed by atoms with Crippen LogP contribution >= 0.6 is 11.3 Å². The number of carbonyl (C=O) groups is 1. The Balaban J connectivity index is 2.15. The van der Waals surface area contributed by atoms with Crippen LogP contribution in [0.3, 0.4) is 0 Å². The minimum atomic E-state index is -0.293. The second kappa shape index (κ2) is 5.02. The molecule has 0 saturated heterocycles. The fourth-order valence-electron chi connectivity index (χ4n) is 1.54. The Labute approximate surface area is 112 Å². The van der Waals surface area contributed by atoms with Crippen LogP contribution in [0.4, 0.5) is 0 Å². The number of nitrogens with zero attached hydrogens (tertiary/aromatic N) is 1. The van der Waals surface area contributed by atoms with E-state index < -0.39 is 0 Å². The molecule has 0 aliphatic heterocycles. The molecule has 0 aliphatic rings. The predicted octanol–water partition coefficient (Wildman–Crippen LogP) is 3.97. The molecule has 2 aromatic rings. The van der Waals surface area contributed by atoms with Crippen LogP contribution < -0.4 is 0 Å². The molecule has 0 atom stereocenters. The molecule has 0 N–H and O–H groups in total. The van der Waals surface area contributed by atoms with Crippen LogP contribution in [-0.2, 0) is 11.2 Å². The van der Waals surface area contributed by atoms with Gasteiger partial charge in [0.15, 0.2) is 0 Å². The highest BCUT2D eigenvalue weighted by molar-refractivity contribution is 7.10. The molecule has 0 radical (unpaired) electrons. The molecule has 3 heteroatoms. The number of aromatic nitrogens is 1. The van der Waals surface area contributed by atoms with Crippen LogP contribution in [0.5, 0.6) is 0 Å². The summed E-state index contributed by atoms with van der Waals surface area (Å²) in [4.78, 5) is 16.5. The van der Waals surface area contributed by atoms with Crippen LogP contribution in [0, 0.1) is 5.41 Å². The maximum absolute atomic E-state index is 11.9. The summed E-state index contributed by atoms with van der Waals surface area (Å²) in [5.74, 6) is 0.233. The zero-order valence-corrected chi connectivity index (χ0v) is 11.8. The van der Waals surface area contributed by atoms with E-state index in [0.29, 0.717) is 6.42 Å². The molecule has 0 aliphatic carbocycles.